The van der Waals surface area contributed by atoms with Crippen molar-refractivity contribution in [2.45, 2.75) is 12.8 Å². The Hall–Kier alpha value is -2.50. The van der Waals surface area contributed by atoms with E-state index in [1.165, 1.54) is 25.9 Å². The molecule has 0 spiro atoms. The van der Waals surface area contributed by atoms with E-state index < -0.39 is 0 Å². The van der Waals surface area contributed by atoms with Gasteiger partial charge in [0.2, 0.25) is 0 Å². The van der Waals surface area contributed by atoms with E-state index in [1.54, 1.807) is 12.3 Å². The molecule has 1 saturated heterocycles. The smallest absolute Gasteiger partial charge is 0.198 e. The van der Waals surface area contributed by atoms with Gasteiger partial charge in [-0.1, -0.05) is 11.6 Å². The molecule has 1 aromatic heterocycles. The average molecular weight is 384 g/mol. The minimum absolute atomic E-state index is 0.0814. The summed E-state index contributed by atoms with van der Waals surface area (Å²) in [6.45, 7) is 4.04. The molecule has 0 atom stereocenters. The van der Waals surface area contributed by atoms with E-state index >= 15 is 0 Å². The number of rotatable bonds is 6. The summed E-state index contributed by atoms with van der Waals surface area (Å²) in [7, 11) is 0. The summed E-state index contributed by atoms with van der Waals surface area (Å²) in [5.41, 5.74) is 2.23. The van der Waals surface area contributed by atoms with Crippen molar-refractivity contribution >= 4 is 34.4 Å². The Morgan fingerprint density at radius 3 is 2.70 bits per heavy atom. The number of hydrogen-bond acceptors (Lipinski definition) is 4. The molecule has 6 heteroatoms. The lowest BCUT2D eigenvalue weighted by molar-refractivity contribution is 0.238. The van der Waals surface area contributed by atoms with Crippen LogP contribution in [0.2, 0.25) is 5.02 Å². The maximum atomic E-state index is 10.1. The number of halogens is 1. The highest BCUT2D eigenvalue weighted by atomic mass is 35.5. The predicted molar refractivity (Wildman–Crippen MR) is 110 cm³/mol. The number of nitrogens with zero attached hydrogens (tertiary/aromatic N) is 2. The number of benzene rings is 2. The van der Waals surface area contributed by atoms with Gasteiger partial charge in [-0.05, 0) is 68.4 Å². The average Bonchev–Trinajstić information content (AvgIpc) is 3.28. The van der Waals surface area contributed by atoms with Crippen molar-refractivity contribution in [1.82, 2.24) is 9.88 Å². The summed E-state index contributed by atoms with van der Waals surface area (Å²) in [6.07, 6.45) is 4.24. The third kappa shape index (κ3) is 4.26. The van der Waals surface area contributed by atoms with E-state index in [-0.39, 0.29) is 5.88 Å². The standard InChI is InChI=1S/C21H22ClN3O2/c22-15-3-8-20-18(13-15)19(21(26)24-20)14-23-16-4-6-17(7-5-16)27-12-11-25-9-1-2-10-25/h3-8,13-14,24,26H,1-2,9-12H2. The van der Waals surface area contributed by atoms with Crippen LogP contribution in [0.3, 0.4) is 0 Å². The fourth-order valence-electron chi connectivity index (χ4n) is 3.37. The number of H-pyrrole nitrogens is 1. The summed E-state index contributed by atoms with van der Waals surface area (Å²) < 4.78 is 5.81. The summed E-state index contributed by atoms with van der Waals surface area (Å²) in [4.78, 5) is 9.82. The van der Waals surface area contributed by atoms with Crippen LogP contribution in [-0.4, -0.2) is 47.4 Å². The van der Waals surface area contributed by atoms with Crippen LogP contribution in [0.1, 0.15) is 18.4 Å². The second-order valence-electron chi connectivity index (χ2n) is 6.73. The Bertz CT molecular complexity index is 944. The van der Waals surface area contributed by atoms with E-state index in [0.717, 1.165) is 28.9 Å². The van der Waals surface area contributed by atoms with Crippen LogP contribution in [-0.2, 0) is 0 Å². The largest absolute Gasteiger partial charge is 0.494 e. The molecule has 1 aliphatic heterocycles. The molecule has 2 N–H and O–H groups in total. The van der Waals surface area contributed by atoms with Gasteiger partial charge < -0.3 is 14.8 Å². The van der Waals surface area contributed by atoms with E-state index in [0.29, 0.717) is 17.2 Å². The van der Waals surface area contributed by atoms with Gasteiger partial charge >= 0.3 is 0 Å². The molecule has 0 saturated carbocycles. The highest BCUT2D eigenvalue weighted by Gasteiger charge is 2.11. The normalized spacial score (nSPS) is 15.1. The molecule has 0 radical (unpaired) electrons. The second kappa shape index (κ2) is 8.03. The molecule has 140 valence electrons. The number of nitrogens with one attached hydrogen (secondary N) is 1. The molecule has 1 fully saturated rings. The Morgan fingerprint density at radius 1 is 1.15 bits per heavy atom. The number of aliphatic imine (C=N–C) groups is 1. The van der Waals surface area contributed by atoms with Crippen LogP contribution >= 0.6 is 11.6 Å². The first-order valence-corrected chi connectivity index (χ1v) is 9.56. The second-order valence-corrected chi connectivity index (χ2v) is 7.16. The molecule has 3 aromatic rings. The van der Waals surface area contributed by atoms with E-state index in [9.17, 15) is 5.11 Å². The van der Waals surface area contributed by atoms with Crippen molar-refractivity contribution in [1.29, 1.82) is 0 Å². The van der Waals surface area contributed by atoms with Gasteiger partial charge in [0.1, 0.15) is 12.4 Å². The molecule has 0 aliphatic carbocycles. The third-order valence-corrected chi connectivity index (χ3v) is 5.07. The molecule has 2 heterocycles. The van der Waals surface area contributed by atoms with Gasteiger partial charge in [0.25, 0.3) is 0 Å². The first-order chi connectivity index (χ1) is 13.2. The lowest BCUT2D eigenvalue weighted by Crippen LogP contribution is -2.25. The van der Waals surface area contributed by atoms with Crippen LogP contribution in [0.25, 0.3) is 10.9 Å². The molecule has 2 aromatic carbocycles. The zero-order valence-electron chi connectivity index (χ0n) is 15.0. The Balaban J connectivity index is 1.41. The van der Waals surface area contributed by atoms with E-state index in [4.69, 9.17) is 16.3 Å². The maximum Gasteiger partial charge on any atom is 0.198 e. The van der Waals surface area contributed by atoms with Gasteiger partial charge in [-0.2, -0.15) is 0 Å². The molecule has 0 bridgehead atoms. The lowest BCUT2D eigenvalue weighted by Gasteiger charge is -2.14. The topological polar surface area (TPSA) is 60.9 Å². The van der Waals surface area contributed by atoms with E-state index in [1.807, 2.05) is 36.4 Å². The monoisotopic (exact) mass is 383 g/mol. The summed E-state index contributed by atoms with van der Waals surface area (Å²) in [6, 6.07) is 13.1. The fraction of sp³-hybridized carbons (Fsp3) is 0.286. The Kier molecular flexibility index (Phi) is 5.32. The summed E-state index contributed by atoms with van der Waals surface area (Å²) >= 11 is 6.06. The number of aromatic hydroxyl groups is 1. The zero-order chi connectivity index (χ0) is 18.6. The van der Waals surface area contributed by atoms with Crippen molar-refractivity contribution < 1.29 is 9.84 Å². The summed E-state index contributed by atoms with van der Waals surface area (Å²) in [5, 5.41) is 11.6. The Labute approximate surface area is 163 Å². The number of likely N-dealkylation sites (tertiary alicyclic amines) is 1. The number of ether oxygens (including phenoxy) is 1. The zero-order valence-corrected chi connectivity index (χ0v) is 15.7. The van der Waals surface area contributed by atoms with Gasteiger partial charge in [0.15, 0.2) is 5.88 Å². The SMILES string of the molecule is Oc1[nH]c2ccc(Cl)cc2c1C=Nc1ccc(OCCN2CCCC2)cc1. The van der Waals surface area contributed by atoms with Gasteiger partial charge in [0, 0.05) is 28.7 Å². The minimum Gasteiger partial charge on any atom is -0.494 e. The van der Waals surface area contributed by atoms with Crippen LogP contribution in [0.15, 0.2) is 47.5 Å². The van der Waals surface area contributed by atoms with Gasteiger partial charge in [-0.15, -0.1) is 0 Å². The molecule has 4 rings (SSSR count). The minimum atomic E-state index is 0.0814. The lowest BCUT2D eigenvalue weighted by atomic mass is 10.2. The predicted octanol–water partition coefficient (Wildman–Crippen LogP) is 4.75. The molecular formula is C21H22ClN3O2. The quantitative estimate of drug-likeness (QED) is 0.604. The van der Waals surface area contributed by atoms with Gasteiger partial charge in [0.05, 0.1) is 11.3 Å². The number of hydrogen-bond donors (Lipinski definition) is 2. The van der Waals surface area contributed by atoms with Crippen molar-refractivity contribution in [3.63, 3.8) is 0 Å². The van der Waals surface area contributed by atoms with Crippen molar-refractivity contribution in [2.75, 3.05) is 26.2 Å². The fourth-order valence-corrected chi connectivity index (χ4v) is 3.54. The first kappa shape index (κ1) is 17.9. The van der Waals surface area contributed by atoms with Crippen LogP contribution in [0.4, 0.5) is 5.69 Å². The van der Waals surface area contributed by atoms with Crippen LogP contribution in [0.5, 0.6) is 11.6 Å². The van der Waals surface area contributed by atoms with Gasteiger partial charge in [-0.3, -0.25) is 9.89 Å². The third-order valence-electron chi connectivity index (χ3n) is 4.83. The molecule has 5 nitrogen and oxygen atoms in total. The van der Waals surface area contributed by atoms with Crippen LogP contribution in [0, 0.1) is 0 Å². The number of aromatic nitrogens is 1. The van der Waals surface area contributed by atoms with E-state index in [2.05, 4.69) is 14.9 Å². The van der Waals surface area contributed by atoms with Crippen molar-refractivity contribution in [3.8, 4) is 11.6 Å². The molecular weight excluding hydrogens is 362 g/mol. The van der Waals surface area contributed by atoms with Crippen molar-refractivity contribution in [2.24, 2.45) is 4.99 Å². The molecule has 1 aliphatic rings. The van der Waals surface area contributed by atoms with Crippen LogP contribution < -0.4 is 4.74 Å². The summed E-state index contributed by atoms with van der Waals surface area (Å²) in [5.74, 6) is 0.924. The maximum absolute atomic E-state index is 10.1. The highest BCUT2D eigenvalue weighted by Crippen LogP contribution is 2.28. The first-order valence-electron chi connectivity index (χ1n) is 9.18. The number of aromatic amines is 1. The molecule has 0 amide bonds. The van der Waals surface area contributed by atoms with Gasteiger partial charge in [-0.25, -0.2) is 0 Å². The van der Waals surface area contributed by atoms with Crippen molar-refractivity contribution in [3.05, 3.63) is 53.1 Å². The molecule has 0 unspecified atom stereocenters. The highest BCUT2D eigenvalue weighted by molar-refractivity contribution is 6.31. The Morgan fingerprint density at radius 2 is 1.93 bits per heavy atom. The molecule has 27 heavy (non-hydrogen) atoms. The number of fused-ring (bicyclic) bond motifs is 1.